The lowest BCUT2D eigenvalue weighted by molar-refractivity contribution is 0.0318. The van der Waals surface area contributed by atoms with Crippen molar-refractivity contribution in [3.63, 3.8) is 0 Å². The molecule has 19 heavy (non-hydrogen) atoms. The Morgan fingerprint density at radius 1 is 1.32 bits per heavy atom. The summed E-state index contributed by atoms with van der Waals surface area (Å²) in [6.45, 7) is 4.74. The second-order valence-corrected chi connectivity index (χ2v) is 6.06. The van der Waals surface area contributed by atoms with Gasteiger partial charge in [-0.1, -0.05) is 6.92 Å². The van der Waals surface area contributed by atoms with Crippen LogP contribution in [0.1, 0.15) is 13.3 Å². The van der Waals surface area contributed by atoms with Crippen molar-refractivity contribution in [2.75, 3.05) is 54.1 Å². The molecule has 2 N–H and O–H groups in total. The van der Waals surface area contributed by atoms with Crippen LogP contribution in [0.4, 0.5) is 0 Å². The molecule has 0 aromatic rings. The summed E-state index contributed by atoms with van der Waals surface area (Å²) in [5.41, 5.74) is 0. The fraction of sp³-hybridized carbons (Fsp3) is 1.00. The molecule has 0 aliphatic carbocycles. The fourth-order valence-electron chi connectivity index (χ4n) is 1.43. The van der Waals surface area contributed by atoms with E-state index in [1.165, 1.54) is 11.4 Å². The molecule has 1 unspecified atom stereocenters. The lowest BCUT2D eigenvalue weighted by Crippen LogP contribution is -2.43. The van der Waals surface area contributed by atoms with E-state index in [1.807, 2.05) is 6.92 Å². The maximum Gasteiger partial charge on any atom is 0.279 e. The van der Waals surface area contributed by atoms with Crippen molar-refractivity contribution in [3.8, 4) is 0 Å². The Balaban J connectivity index is 4.07. The third-order valence-electron chi connectivity index (χ3n) is 2.67. The minimum Gasteiger partial charge on any atom is -0.382 e. The molecule has 0 saturated carbocycles. The minimum atomic E-state index is -3.45. The number of methoxy groups -OCH3 is 2. The first-order chi connectivity index (χ1) is 8.97. The molecule has 0 saturated heterocycles. The van der Waals surface area contributed by atoms with Crippen LogP contribution in [0.2, 0.25) is 0 Å². The molecule has 0 aromatic heterocycles. The van der Waals surface area contributed by atoms with Gasteiger partial charge in [0.15, 0.2) is 0 Å². The maximum absolute atomic E-state index is 11.9. The van der Waals surface area contributed by atoms with Crippen LogP contribution in [0.15, 0.2) is 0 Å². The van der Waals surface area contributed by atoms with Crippen LogP contribution >= 0.6 is 0 Å². The molecule has 0 aromatic carbocycles. The van der Waals surface area contributed by atoms with E-state index >= 15 is 0 Å². The molecule has 1 atom stereocenters. The van der Waals surface area contributed by atoms with Crippen LogP contribution in [0.25, 0.3) is 0 Å². The monoisotopic (exact) mass is 297 g/mol. The van der Waals surface area contributed by atoms with Crippen molar-refractivity contribution in [2.24, 2.45) is 0 Å². The number of ether oxygens (including phenoxy) is 2. The summed E-state index contributed by atoms with van der Waals surface area (Å²) in [6, 6.07) is 0. The molecular formula is C11H27N3O4S. The minimum absolute atomic E-state index is 0.199. The van der Waals surface area contributed by atoms with Gasteiger partial charge < -0.3 is 14.8 Å². The van der Waals surface area contributed by atoms with Gasteiger partial charge in [-0.25, -0.2) is 0 Å². The SMILES string of the molecule is CCNCCCN(C)S(=O)(=O)NCC(COC)OC. The van der Waals surface area contributed by atoms with Crippen molar-refractivity contribution in [2.45, 2.75) is 19.4 Å². The second-order valence-electron chi connectivity index (χ2n) is 4.20. The van der Waals surface area contributed by atoms with E-state index in [1.54, 1.807) is 14.2 Å². The second kappa shape index (κ2) is 10.5. The molecule has 8 heteroatoms. The van der Waals surface area contributed by atoms with Crippen LogP contribution in [0.5, 0.6) is 0 Å². The molecular weight excluding hydrogens is 270 g/mol. The van der Waals surface area contributed by atoms with Gasteiger partial charge >= 0.3 is 0 Å². The van der Waals surface area contributed by atoms with Gasteiger partial charge in [-0.15, -0.1) is 0 Å². The highest BCUT2D eigenvalue weighted by molar-refractivity contribution is 7.87. The molecule has 0 radical (unpaired) electrons. The first-order valence-electron chi connectivity index (χ1n) is 6.41. The fourth-order valence-corrected chi connectivity index (χ4v) is 2.41. The first-order valence-corrected chi connectivity index (χ1v) is 7.85. The molecule has 0 rings (SSSR count). The number of rotatable bonds is 12. The van der Waals surface area contributed by atoms with Crippen LogP contribution in [-0.4, -0.2) is 72.9 Å². The van der Waals surface area contributed by atoms with Crippen molar-refractivity contribution in [1.29, 1.82) is 0 Å². The standard InChI is InChI=1S/C11H27N3O4S/c1-5-12-7-6-8-14(2)19(15,16)13-9-11(18-4)10-17-3/h11-13H,5-10H2,1-4H3. The molecule has 0 aliphatic heterocycles. The number of hydrogen-bond donors (Lipinski definition) is 2. The predicted octanol–water partition coefficient (Wildman–Crippen LogP) is -0.586. The molecule has 7 nitrogen and oxygen atoms in total. The average Bonchev–Trinajstić information content (AvgIpc) is 2.39. The number of nitrogens with one attached hydrogen (secondary N) is 2. The van der Waals surface area contributed by atoms with E-state index in [0.29, 0.717) is 13.2 Å². The zero-order valence-corrected chi connectivity index (χ0v) is 13.1. The third kappa shape index (κ3) is 8.51. The lowest BCUT2D eigenvalue weighted by Gasteiger charge is -2.20. The highest BCUT2D eigenvalue weighted by Gasteiger charge is 2.18. The summed E-state index contributed by atoms with van der Waals surface area (Å²) >= 11 is 0. The Morgan fingerprint density at radius 2 is 2.00 bits per heavy atom. The summed E-state index contributed by atoms with van der Waals surface area (Å²) in [4.78, 5) is 0. The van der Waals surface area contributed by atoms with Crippen LogP contribution in [0, 0.1) is 0 Å². The van der Waals surface area contributed by atoms with Gasteiger partial charge in [-0.3, -0.25) is 0 Å². The van der Waals surface area contributed by atoms with Gasteiger partial charge in [0.05, 0.1) is 12.7 Å². The summed E-state index contributed by atoms with van der Waals surface area (Å²) in [5.74, 6) is 0. The number of hydrogen-bond acceptors (Lipinski definition) is 5. The molecule has 0 bridgehead atoms. The first kappa shape index (κ1) is 18.8. The highest BCUT2D eigenvalue weighted by Crippen LogP contribution is 1.97. The Hall–Kier alpha value is -0.250. The van der Waals surface area contributed by atoms with Gasteiger partial charge in [0.1, 0.15) is 0 Å². The Labute approximate surface area is 116 Å². The van der Waals surface area contributed by atoms with E-state index < -0.39 is 10.2 Å². The summed E-state index contributed by atoms with van der Waals surface area (Å²) in [5, 5.41) is 3.15. The van der Waals surface area contributed by atoms with Crippen molar-refractivity contribution >= 4 is 10.2 Å². The van der Waals surface area contributed by atoms with Crippen LogP contribution in [-0.2, 0) is 19.7 Å². The van der Waals surface area contributed by atoms with E-state index in [0.717, 1.165) is 19.5 Å². The predicted molar refractivity (Wildman–Crippen MR) is 75.4 cm³/mol. The Morgan fingerprint density at radius 3 is 2.53 bits per heavy atom. The van der Waals surface area contributed by atoms with E-state index in [2.05, 4.69) is 10.0 Å². The van der Waals surface area contributed by atoms with Crippen molar-refractivity contribution in [3.05, 3.63) is 0 Å². The zero-order valence-electron chi connectivity index (χ0n) is 12.3. The zero-order chi connectivity index (χ0) is 14.7. The smallest absolute Gasteiger partial charge is 0.279 e. The maximum atomic E-state index is 11.9. The van der Waals surface area contributed by atoms with Gasteiger partial charge in [-0.05, 0) is 19.5 Å². The summed E-state index contributed by atoms with van der Waals surface area (Å²) < 4.78 is 37.7. The molecule has 0 amide bonds. The summed E-state index contributed by atoms with van der Waals surface area (Å²) in [7, 11) is 1.19. The molecule has 0 spiro atoms. The largest absolute Gasteiger partial charge is 0.382 e. The topological polar surface area (TPSA) is 79.9 Å². The van der Waals surface area contributed by atoms with E-state index in [9.17, 15) is 8.42 Å². The Bertz CT molecular complexity index is 311. The third-order valence-corrected chi connectivity index (χ3v) is 4.20. The summed E-state index contributed by atoms with van der Waals surface area (Å²) in [6.07, 6.45) is 0.492. The van der Waals surface area contributed by atoms with Crippen molar-refractivity contribution in [1.82, 2.24) is 14.3 Å². The van der Waals surface area contributed by atoms with Crippen LogP contribution in [0.3, 0.4) is 0 Å². The van der Waals surface area contributed by atoms with Gasteiger partial charge in [0.2, 0.25) is 0 Å². The van der Waals surface area contributed by atoms with E-state index in [-0.39, 0.29) is 12.6 Å². The van der Waals surface area contributed by atoms with Crippen LogP contribution < -0.4 is 10.0 Å². The molecule has 0 heterocycles. The molecule has 0 fully saturated rings. The van der Waals surface area contributed by atoms with Crippen molar-refractivity contribution < 1.29 is 17.9 Å². The molecule has 116 valence electrons. The average molecular weight is 297 g/mol. The normalized spacial score (nSPS) is 13.9. The highest BCUT2D eigenvalue weighted by atomic mass is 32.2. The lowest BCUT2D eigenvalue weighted by atomic mass is 10.4. The number of nitrogens with zero attached hydrogens (tertiary/aromatic N) is 1. The van der Waals surface area contributed by atoms with Gasteiger partial charge in [0, 0.05) is 34.4 Å². The molecule has 0 aliphatic rings. The quantitative estimate of drug-likeness (QED) is 0.471. The van der Waals surface area contributed by atoms with Gasteiger partial charge in [-0.2, -0.15) is 17.4 Å². The van der Waals surface area contributed by atoms with Gasteiger partial charge in [0.25, 0.3) is 10.2 Å². The Kier molecular flexibility index (Phi) is 10.4. The van der Waals surface area contributed by atoms with E-state index in [4.69, 9.17) is 9.47 Å².